The first-order valence-electron chi connectivity index (χ1n) is 7.50. The molecule has 0 aliphatic heterocycles. The molecule has 1 aromatic carbocycles. The standard InChI is InChI=1S/C16H24N2O2/c1-3-5-10-18(13-7-8-13)15-11-12(6-9-14(15)17)16(19)20-4-2/h6,9,11,13H,3-5,7-8,10,17H2,1-2H3. The summed E-state index contributed by atoms with van der Waals surface area (Å²) in [6.45, 7) is 5.38. The molecule has 0 aromatic heterocycles. The summed E-state index contributed by atoms with van der Waals surface area (Å²) in [5, 5.41) is 0. The zero-order chi connectivity index (χ0) is 14.5. The van der Waals surface area contributed by atoms with E-state index in [-0.39, 0.29) is 5.97 Å². The van der Waals surface area contributed by atoms with Crippen LogP contribution in [0.3, 0.4) is 0 Å². The Bertz CT molecular complexity index is 470. The molecule has 20 heavy (non-hydrogen) atoms. The highest BCUT2D eigenvalue weighted by atomic mass is 16.5. The summed E-state index contributed by atoms with van der Waals surface area (Å²) in [6.07, 6.45) is 4.72. The monoisotopic (exact) mass is 276 g/mol. The van der Waals surface area contributed by atoms with Crippen LogP contribution >= 0.6 is 0 Å². The smallest absolute Gasteiger partial charge is 0.338 e. The van der Waals surface area contributed by atoms with E-state index in [9.17, 15) is 4.79 Å². The predicted octanol–water partition coefficient (Wildman–Crippen LogP) is 3.21. The summed E-state index contributed by atoms with van der Waals surface area (Å²) >= 11 is 0. The Morgan fingerprint density at radius 2 is 2.15 bits per heavy atom. The lowest BCUT2D eigenvalue weighted by molar-refractivity contribution is 0.0526. The molecule has 1 aliphatic rings. The summed E-state index contributed by atoms with van der Waals surface area (Å²) in [6, 6.07) is 6.01. The highest BCUT2D eigenvalue weighted by molar-refractivity contribution is 5.92. The van der Waals surface area contributed by atoms with Crippen molar-refractivity contribution in [1.82, 2.24) is 0 Å². The van der Waals surface area contributed by atoms with E-state index < -0.39 is 0 Å². The number of carbonyl (C=O) groups is 1. The molecule has 1 aliphatic carbocycles. The van der Waals surface area contributed by atoms with Crippen molar-refractivity contribution in [3.8, 4) is 0 Å². The number of rotatable bonds is 7. The van der Waals surface area contributed by atoms with Gasteiger partial charge in [-0.3, -0.25) is 0 Å². The third-order valence-electron chi connectivity index (χ3n) is 3.59. The molecule has 0 atom stereocenters. The van der Waals surface area contributed by atoms with Crippen molar-refractivity contribution in [3.05, 3.63) is 23.8 Å². The lowest BCUT2D eigenvalue weighted by Gasteiger charge is -2.26. The molecule has 0 spiro atoms. The number of esters is 1. The molecule has 1 fully saturated rings. The van der Waals surface area contributed by atoms with Crippen LogP contribution in [0.15, 0.2) is 18.2 Å². The van der Waals surface area contributed by atoms with Gasteiger partial charge in [0.15, 0.2) is 0 Å². The fourth-order valence-corrected chi connectivity index (χ4v) is 2.35. The SMILES string of the molecule is CCCCN(c1cc(C(=O)OCC)ccc1N)C1CC1. The number of anilines is 2. The van der Waals surface area contributed by atoms with Gasteiger partial charge < -0.3 is 15.4 Å². The van der Waals surface area contributed by atoms with Gasteiger partial charge in [-0.1, -0.05) is 13.3 Å². The molecule has 2 N–H and O–H groups in total. The van der Waals surface area contributed by atoms with Crippen LogP contribution in [0.1, 0.15) is 49.9 Å². The maximum absolute atomic E-state index is 11.8. The summed E-state index contributed by atoms with van der Waals surface area (Å²) in [7, 11) is 0. The Balaban J connectivity index is 2.23. The first-order chi connectivity index (χ1) is 9.67. The number of hydrogen-bond acceptors (Lipinski definition) is 4. The van der Waals surface area contributed by atoms with Crippen LogP contribution in [0.4, 0.5) is 11.4 Å². The van der Waals surface area contributed by atoms with Gasteiger partial charge in [0.05, 0.1) is 23.5 Å². The van der Waals surface area contributed by atoms with Crippen LogP contribution in [0.5, 0.6) is 0 Å². The number of unbranched alkanes of at least 4 members (excludes halogenated alkanes) is 1. The summed E-state index contributed by atoms with van der Waals surface area (Å²) < 4.78 is 5.06. The van der Waals surface area contributed by atoms with E-state index in [4.69, 9.17) is 10.5 Å². The molecular weight excluding hydrogens is 252 g/mol. The molecule has 0 unspecified atom stereocenters. The van der Waals surface area contributed by atoms with E-state index in [1.165, 1.54) is 12.8 Å². The normalized spacial score (nSPS) is 14.1. The number of ether oxygens (including phenoxy) is 1. The molecule has 1 saturated carbocycles. The van der Waals surface area contributed by atoms with Crippen molar-refractivity contribution in [3.63, 3.8) is 0 Å². The Kier molecular flexibility index (Phi) is 4.88. The fourth-order valence-electron chi connectivity index (χ4n) is 2.35. The van der Waals surface area contributed by atoms with Crippen LogP contribution in [-0.2, 0) is 4.74 Å². The Hall–Kier alpha value is -1.71. The van der Waals surface area contributed by atoms with Crippen LogP contribution in [0.25, 0.3) is 0 Å². The first-order valence-corrected chi connectivity index (χ1v) is 7.50. The zero-order valence-electron chi connectivity index (χ0n) is 12.4. The van der Waals surface area contributed by atoms with Gasteiger partial charge in [0, 0.05) is 12.6 Å². The first kappa shape index (κ1) is 14.7. The minimum atomic E-state index is -0.278. The van der Waals surface area contributed by atoms with Gasteiger partial charge >= 0.3 is 5.97 Å². The molecule has 2 rings (SSSR count). The zero-order valence-corrected chi connectivity index (χ0v) is 12.4. The van der Waals surface area contributed by atoms with E-state index in [0.717, 1.165) is 30.8 Å². The Morgan fingerprint density at radius 3 is 2.75 bits per heavy atom. The average molecular weight is 276 g/mol. The highest BCUT2D eigenvalue weighted by Gasteiger charge is 2.30. The molecule has 110 valence electrons. The van der Waals surface area contributed by atoms with E-state index in [0.29, 0.717) is 18.2 Å². The lowest BCUT2D eigenvalue weighted by Crippen LogP contribution is -2.28. The summed E-state index contributed by atoms with van der Waals surface area (Å²) in [5.74, 6) is -0.278. The summed E-state index contributed by atoms with van der Waals surface area (Å²) in [4.78, 5) is 14.2. The topological polar surface area (TPSA) is 55.6 Å². The van der Waals surface area contributed by atoms with E-state index in [2.05, 4.69) is 11.8 Å². The molecule has 1 aromatic rings. The number of hydrogen-bond donors (Lipinski definition) is 1. The largest absolute Gasteiger partial charge is 0.462 e. The third-order valence-corrected chi connectivity index (χ3v) is 3.59. The van der Waals surface area contributed by atoms with Crippen LogP contribution < -0.4 is 10.6 Å². The second-order valence-corrected chi connectivity index (χ2v) is 5.27. The van der Waals surface area contributed by atoms with E-state index in [1.54, 1.807) is 6.07 Å². The molecule has 4 heteroatoms. The average Bonchev–Trinajstić information content (AvgIpc) is 3.26. The van der Waals surface area contributed by atoms with Gasteiger partial charge in [-0.2, -0.15) is 0 Å². The lowest BCUT2D eigenvalue weighted by atomic mass is 10.1. The number of nitrogen functional groups attached to an aromatic ring is 1. The Morgan fingerprint density at radius 1 is 1.40 bits per heavy atom. The number of benzene rings is 1. The van der Waals surface area contributed by atoms with E-state index >= 15 is 0 Å². The van der Waals surface area contributed by atoms with Crippen LogP contribution in [0.2, 0.25) is 0 Å². The molecule has 0 radical (unpaired) electrons. The van der Waals surface area contributed by atoms with Crippen molar-refractivity contribution >= 4 is 17.3 Å². The number of carbonyl (C=O) groups excluding carboxylic acids is 1. The quantitative estimate of drug-likeness (QED) is 0.613. The number of nitrogens with zero attached hydrogens (tertiary/aromatic N) is 1. The van der Waals surface area contributed by atoms with Crippen molar-refractivity contribution in [2.45, 2.75) is 45.6 Å². The van der Waals surface area contributed by atoms with Crippen LogP contribution in [-0.4, -0.2) is 25.2 Å². The van der Waals surface area contributed by atoms with Gasteiger partial charge in [-0.25, -0.2) is 4.79 Å². The molecule has 0 bridgehead atoms. The molecular formula is C16H24N2O2. The van der Waals surface area contributed by atoms with Crippen LogP contribution in [0, 0.1) is 0 Å². The van der Waals surface area contributed by atoms with Crippen molar-refractivity contribution < 1.29 is 9.53 Å². The van der Waals surface area contributed by atoms with Gasteiger partial charge in [0.25, 0.3) is 0 Å². The third kappa shape index (κ3) is 3.44. The summed E-state index contributed by atoms with van der Waals surface area (Å²) in [5.41, 5.74) is 8.40. The Labute approximate surface area is 120 Å². The second-order valence-electron chi connectivity index (χ2n) is 5.27. The van der Waals surface area contributed by atoms with Gasteiger partial charge in [-0.15, -0.1) is 0 Å². The van der Waals surface area contributed by atoms with Crippen molar-refractivity contribution in [1.29, 1.82) is 0 Å². The van der Waals surface area contributed by atoms with Crippen molar-refractivity contribution in [2.75, 3.05) is 23.8 Å². The van der Waals surface area contributed by atoms with Gasteiger partial charge in [0.2, 0.25) is 0 Å². The van der Waals surface area contributed by atoms with E-state index in [1.807, 2.05) is 19.1 Å². The molecule has 4 nitrogen and oxygen atoms in total. The second kappa shape index (κ2) is 6.64. The van der Waals surface area contributed by atoms with Gasteiger partial charge in [0.1, 0.15) is 0 Å². The minimum Gasteiger partial charge on any atom is -0.462 e. The van der Waals surface area contributed by atoms with Gasteiger partial charge in [-0.05, 0) is 44.4 Å². The molecule has 0 amide bonds. The number of nitrogens with two attached hydrogens (primary N) is 1. The predicted molar refractivity (Wildman–Crippen MR) is 82.1 cm³/mol. The molecule has 0 saturated heterocycles. The fraction of sp³-hybridized carbons (Fsp3) is 0.562. The van der Waals surface area contributed by atoms with Crippen molar-refractivity contribution in [2.24, 2.45) is 0 Å². The maximum Gasteiger partial charge on any atom is 0.338 e. The minimum absolute atomic E-state index is 0.278. The highest BCUT2D eigenvalue weighted by Crippen LogP contribution is 2.35. The molecule has 0 heterocycles. The maximum atomic E-state index is 11.8.